The number of hydrogen-bond acceptors (Lipinski definition) is 4. The third-order valence-corrected chi connectivity index (χ3v) is 3.51. The highest BCUT2D eigenvalue weighted by molar-refractivity contribution is 7.15. The summed E-state index contributed by atoms with van der Waals surface area (Å²) in [5.74, 6) is 0.707. The maximum atomic E-state index is 4.38. The molecule has 0 radical (unpaired) electrons. The Morgan fingerprint density at radius 3 is 2.59 bits per heavy atom. The van der Waals surface area contributed by atoms with E-state index in [1.54, 1.807) is 11.3 Å². The summed E-state index contributed by atoms with van der Waals surface area (Å²) in [4.78, 5) is 8.23. The van der Waals surface area contributed by atoms with Gasteiger partial charge < -0.3 is 5.32 Å². The van der Waals surface area contributed by atoms with Gasteiger partial charge in [-0.15, -0.1) is 11.3 Å². The number of anilines is 1. The molecule has 0 amide bonds. The summed E-state index contributed by atoms with van der Waals surface area (Å²) in [5, 5.41) is 4.30. The highest BCUT2D eigenvalue weighted by Crippen LogP contribution is 2.20. The van der Waals surface area contributed by atoms with E-state index >= 15 is 0 Å². The molecule has 0 fully saturated rings. The average molecular weight is 255 g/mol. The lowest BCUT2D eigenvalue weighted by atomic mass is 10.2. The fraction of sp³-hybridized carbons (Fsp3) is 0.769. The van der Waals surface area contributed by atoms with E-state index in [-0.39, 0.29) is 0 Å². The van der Waals surface area contributed by atoms with Gasteiger partial charge in [0.05, 0.1) is 0 Å². The topological polar surface area (TPSA) is 28.2 Å². The third-order valence-electron chi connectivity index (χ3n) is 2.57. The van der Waals surface area contributed by atoms with Gasteiger partial charge >= 0.3 is 0 Å². The van der Waals surface area contributed by atoms with E-state index < -0.39 is 0 Å². The maximum Gasteiger partial charge on any atom is 0.182 e. The van der Waals surface area contributed by atoms with Crippen LogP contribution >= 0.6 is 11.3 Å². The minimum atomic E-state index is 0.585. The van der Waals surface area contributed by atoms with Crippen molar-refractivity contribution in [1.29, 1.82) is 0 Å². The zero-order valence-corrected chi connectivity index (χ0v) is 12.5. The minimum Gasteiger partial charge on any atom is -0.362 e. The van der Waals surface area contributed by atoms with Gasteiger partial charge in [0.15, 0.2) is 5.13 Å². The molecule has 0 aliphatic rings. The summed E-state index contributed by atoms with van der Waals surface area (Å²) in [6.07, 6.45) is 2.00. The van der Waals surface area contributed by atoms with E-state index in [1.807, 2.05) is 6.20 Å². The third kappa shape index (κ3) is 5.04. The molecule has 0 atom stereocenters. The molecule has 4 heteroatoms. The first-order valence-corrected chi connectivity index (χ1v) is 7.27. The van der Waals surface area contributed by atoms with Crippen molar-refractivity contribution in [3.8, 4) is 0 Å². The van der Waals surface area contributed by atoms with Gasteiger partial charge in [-0.25, -0.2) is 4.98 Å². The van der Waals surface area contributed by atoms with Crippen LogP contribution in [0.3, 0.4) is 0 Å². The molecule has 1 N–H and O–H groups in total. The van der Waals surface area contributed by atoms with Crippen LogP contribution in [0.25, 0.3) is 0 Å². The molecular weight excluding hydrogens is 230 g/mol. The number of rotatable bonds is 7. The van der Waals surface area contributed by atoms with Crippen LogP contribution in [0, 0.1) is 5.92 Å². The van der Waals surface area contributed by atoms with Crippen molar-refractivity contribution in [3.63, 3.8) is 0 Å². The van der Waals surface area contributed by atoms with E-state index in [4.69, 9.17) is 0 Å². The summed E-state index contributed by atoms with van der Waals surface area (Å²) < 4.78 is 0. The van der Waals surface area contributed by atoms with Gasteiger partial charge in [-0.3, -0.25) is 4.90 Å². The molecule has 0 saturated carbocycles. The predicted octanol–water partition coefficient (Wildman–Crippen LogP) is 3.44. The number of nitrogens with one attached hydrogen (secondary N) is 1. The average Bonchev–Trinajstić information content (AvgIpc) is 2.64. The molecule has 0 aliphatic heterocycles. The molecule has 0 aliphatic carbocycles. The molecule has 1 rings (SSSR count). The maximum absolute atomic E-state index is 4.38. The molecule has 0 spiro atoms. The Morgan fingerprint density at radius 1 is 1.35 bits per heavy atom. The molecule has 3 nitrogen and oxygen atoms in total. The summed E-state index contributed by atoms with van der Waals surface area (Å²) in [6, 6.07) is 0.585. The van der Waals surface area contributed by atoms with Crippen LogP contribution in [0.15, 0.2) is 6.20 Å². The molecular formula is C13H25N3S. The standard InChI is InChI=1S/C13H25N3S/c1-6-14-13-15-7-12(17-13)9-16(11(4)5)8-10(2)3/h7,10-11H,6,8-9H2,1-5H3,(H,14,15). The Kier molecular flexibility index (Phi) is 5.92. The van der Waals surface area contributed by atoms with Crippen molar-refractivity contribution in [1.82, 2.24) is 9.88 Å². The van der Waals surface area contributed by atoms with Gasteiger partial charge in [0.25, 0.3) is 0 Å². The van der Waals surface area contributed by atoms with Crippen molar-refractivity contribution < 1.29 is 0 Å². The predicted molar refractivity (Wildman–Crippen MR) is 76.7 cm³/mol. The van der Waals surface area contributed by atoms with Gasteiger partial charge in [-0.1, -0.05) is 13.8 Å². The van der Waals surface area contributed by atoms with Crippen LogP contribution in [-0.4, -0.2) is 29.0 Å². The molecule has 0 bridgehead atoms. The van der Waals surface area contributed by atoms with E-state index in [0.29, 0.717) is 12.0 Å². The quantitative estimate of drug-likeness (QED) is 0.809. The van der Waals surface area contributed by atoms with E-state index in [2.05, 4.69) is 49.8 Å². The van der Waals surface area contributed by atoms with Crippen LogP contribution in [-0.2, 0) is 6.54 Å². The van der Waals surface area contributed by atoms with E-state index in [9.17, 15) is 0 Å². The fourth-order valence-corrected chi connectivity index (χ4v) is 2.65. The highest BCUT2D eigenvalue weighted by Gasteiger charge is 2.13. The van der Waals surface area contributed by atoms with Gasteiger partial charge in [0.2, 0.25) is 0 Å². The number of thiazole rings is 1. The van der Waals surface area contributed by atoms with Crippen molar-refractivity contribution in [2.75, 3.05) is 18.4 Å². The van der Waals surface area contributed by atoms with Crippen molar-refractivity contribution in [2.45, 2.75) is 47.2 Å². The Bertz CT molecular complexity index is 320. The summed E-state index contributed by atoms with van der Waals surface area (Å²) in [6.45, 7) is 14.2. The van der Waals surface area contributed by atoms with Crippen LogP contribution in [0.2, 0.25) is 0 Å². The van der Waals surface area contributed by atoms with E-state index in [0.717, 1.165) is 24.8 Å². The van der Waals surface area contributed by atoms with Crippen LogP contribution in [0.5, 0.6) is 0 Å². The molecule has 1 aromatic heterocycles. The fourth-order valence-electron chi connectivity index (χ4n) is 1.74. The van der Waals surface area contributed by atoms with Gasteiger partial charge in [0, 0.05) is 36.8 Å². The SMILES string of the molecule is CCNc1ncc(CN(CC(C)C)C(C)C)s1. The second kappa shape index (κ2) is 6.97. The zero-order valence-electron chi connectivity index (χ0n) is 11.7. The Hall–Kier alpha value is -0.610. The smallest absolute Gasteiger partial charge is 0.182 e. The first-order valence-electron chi connectivity index (χ1n) is 6.45. The van der Waals surface area contributed by atoms with Gasteiger partial charge in [-0.2, -0.15) is 0 Å². The lowest BCUT2D eigenvalue weighted by Crippen LogP contribution is -2.33. The second-order valence-electron chi connectivity index (χ2n) is 5.08. The molecule has 0 saturated heterocycles. The van der Waals surface area contributed by atoms with Gasteiger partial charge in [-0.05, 0) is 26.7 Å². The highest BCUT2D eigenvalue weighted by atomic mass is 32.1. The summed E-state index contributed by atoms with van der Waals surface area (Å²) >= 11 is 1.77. The minimum absolute atomic E-state index is 0.585. The lowest BCUT2D eigenvalue weighted by Gasteiger charge is -2.27. The van der Waals surface area contributed by atoms with Crippen LogP contribution < -0.4 is 5.32 Å². The Labute approximate surface area is 109 Å². The summed E-state index contributed by atoms with van der Waals surface area (Å²) in [7, 11) is 0. The summed E-state index contributed by atoms with van der Waals surface area (Å²) in [5.41, 5.74) is 0. The second-order valence-corrected chi connectivity index (χ2v) is 6.19. The first-order chi connectivity index (χ1) is 8.02. The molecule has 1 heterocycles. The lowest BCUT2D eigenvalue weighted by molar-refractivity contribution is 0.191. The number of aromatic nitrogens is 1. The van der Waals surface area contributed by atoms with Crippen molar-refractivity contribution in [2.24, 2.45) is 5.92 Å². The van der Waals surface area contributed by atoms with Crippen LogP contribution in [0.4, 0.5) is 5.13 Å². The molecule has 98 valence electrons. The number of nitrogens with zero attached hydrogens (tertiary/aromatic N) is 2. The molecule has 0 unspecified atom stereocenters. The molecule has 0 aromatic carbocycles. The zero-order chi connectivity index (χ0) is 12.8. The molecule has 1 aromatic rings. The van der Waals surface area contributed by atoms with Crippen molar-refractivity contribution >= 4 is 16.5 Å². The van der Waals surface area contributed by atoms with Crippen molar-refractivity contribution in [3.05, 3.63) is 11.1 Å². The normalized spacial score (nSPS) is 11.8. The monoisotopic (exact) mass is 255 g/mol. The first kappa shape index (κ1) is 14.5. The van der Waals surface area contributed by atoms with E-state index in [1.165, 1.54) is 4.88 Å². The van der Waals surface area contributed by atoms with Gasteiger partial charge in [0.1, 0.15) is 0 Å². The number of hydrogen-bond donors (Lipinski definition) is 1. The Balaban J connectivity index is 2.58. The molecule has 17 heavy (non-hydrogen) atoms. The largest absolute Gasteiger partial charge is 0.362 e. The van der Waals surface area contributed by atoms with Crippen LogP contribution in [0.1, 0.15) is 39.5 Å². The Morgan fingerprint density at radius 2 is 2.06 bits per heavy atom.